The Kier molecular flexibility index (Phi) is 10.6. The lowest BCUT2D eigenvalue weighted by Gasteiger charge is -2.34. The normalized spacial score (nSPS) is 14.7. The molecule has 0 bridgehead atoms. The third-order valence-electron chi connectivity index (χ3n) is 6.55. The Morgan fingerprint density at radius 1 is 1.05 bits per heavy atom. The summed E-state index contributed by atoms with van der Waals surface area (Å²) in [5, 5.41) is 3.33. The van der Waals surface area contributed by atoms with E-state index in [1.807, 2.05) is 4.90 Å². The molecule has 37 heavy (non-hydrogen) atoms. The van der Waals surface area contributed by atoms with E-state index in [0.29, 0.717) is 24.4 Å². The smallest absolute Gasteiger partial charge is 0.419 e. The number of ether oxygens (including phenoxy) is 1. The van der Waals surface area contributed by atoms with E-state index in [1.165, 1.54) is 6.07 Å². The Labute approximate surface area is 215 Å². The van der Waals surface area contributed by atoms with E-state index in [9.17, 15) is 22.4 Å². The molecule has 0 aromatic heterocycles. The molecule has 0 radical (unpaired) electrons. The monoisotopic (exact) mass is 524 g/mol. The van der Waals surface area contributed by atoms with Gasteiger partial charge in [-0.1, -0.05) is 19.4 Å². The number of carbonyl (C=O) groups excluding carboxylic acids is 1. The van der Waals surface area contributed by atoms with Crippen molar-refractivity contribution in [1.82, 2.24) is 15.1 Å². The van der Waals surface area contributed by atoms with Gasteiger partial charge in [0.2, 0.25) is 5.91 Å². The zero-order chi connectivity index (χ0) is 26.8. The van der Waals surface area contributed by atoms with Gasteiger partial charge in [-0.25, -0.2) is 4.39 Å². The Morgan fingerprint density at radius 3 is 2.51 bits per heavy atom. The largest absolute Gasteiger partial charge is 0.489 e. The van der Waals surface area contributed by atoms with Gasteiger partial charge in [0.15, 0.2) is 0 Å². The molecule has 1 aliphatic heterocycles. The summed E-state index contributed by atoms with van der Waals surface area (Å²) in [5.41, 5.74) is 6.13. The second-order valence-corrected chi connectivity index (χ2v) is 9.27. The summed E-state index contributed by atoms with van der Waals surface area (Å²) in [6.07, 6.45) is -1.52. The van der Waals surface area contributed by atoms with Crippen molar-refractivity contribution in [1.29, 1.82) is 0 Å². The van der Waals surface area contributed by atoms with E-state index in [0.717, 1.165) is 76.2 Å². The minimum absolute atomic E-state index is 0.137. The van der Waals surface area contributed by atoms with Crippen molar-refractivity contribution >= 4 is 11.6 Å². The van der Waals surface area contributed by atoms with Crippen LogP contribution in [0.5, 0.6) is 5.75 Å². The Balaban J connectivity index is 1.40. The van der Waals surface area contributed by atoms with E-state index in [1.54, 1.807) is 18.2 Å². The molecule has 0 atom stereocenters. The lowest BCUT2D eigenvalue weighted by molar-refractivity contribution is -0.140. The molecular weight excluding hydrogens is 488 g/mol. The number of benzene rings is 2. The van der Waals surface area contributed by atoms with Gasteiger partial charge in [0.1, 0.15) is 18.2 Å². The number of piperazine rings is 1. The first-order valence-electron chi connectivity index (χ1n) is 12.7. The highest BCUT2D eigenvalue weighted by Gasteiger charge is 2.34. The summed E-state index contributed by atoms with van der Waals surface area (Å²) in [5.74, 6) is -0.588. The number of nitrogens with one attached hydrogen (secondary N) is 1. The maximum absolute atomic E-state index is 13.5. The minimum atomic E-state index is -4.77. The van der Waals surface area contributed by atoms with Crippen LogP contribution in [0.2, 0.25) is 0 Å². The molecule has 1 fully saturated rings. The summed E-state index contributed by atoms with van der Waals surface area (Å²) in [7, 11) is 0. The van der Waals surface area contributed by atoms with Gasteiger partial charge in [-0.2, -0.15) is 13.2 Å². The zero-order valence-corrected chi connectivity index (χ0v) is 21.2. The molecule has 10 heteroatoms. The summed E-state index contributed by atoms with van der Waals surface area (Å²) >= 11 is 0. The highest BCUT2D eigenvalue weighted by molar-refractivity contribution is 5.76. The van der Waals surface area contributed by atoms with Crippen LogP contribution in [0.4, 0.5) is 23.2 Å². The number of anilines is 1. The first-order valence-corrected chi connectivity index (χ1v) is 12.7. The molecule has 1 amide bonds. The third kappa shape index (κ3) is 8.89. The Hall–Kier alpha value is -2.85. The number of nitrogens with two attached hydrogens (primary N) is 1. The molecule has 0 spiro atoms. The quantitative estimate of drug-likeness (QED) is 0.237. The second kappa shape index (κ2) is 13.6. The number of alkyl halides is 3. The fourth-order valence-electron chi connectivity index (χ4n) is 4.32. The fraction of sp³-hybridized carbons (Fsp3) is 0.519. The van der Waals surface area contributed by atoms with Crippen molar-refractivity contribution in [2.24, 2.45) is 0 Å². The van der Waals surface area contributed by atoms with Crippen LogP contribution in [0.3, 0.4) is 0 Å². The van der Waals surface area contributed by atoms with Crippen LogP contribution in [0.15, 0.2) is 36.4 Å². The standard InChI is InChI=1S/C27H36F4N4O2/c1-2-34-12-14-35(15-13-34)26(36)6-4-3-5-11-33-18-21-17-22(32)8-10-25(21)37-19-20-7-9-24(28)23(16-20)27(29,30)31/h7-10,16-17,33H,2-6,11-15,18-19,32H2,1H3. The lowest BCUT2D eigenvalue weighted by Crippen LogP contribution is -2.48. The highest BCUT2D eigenvalue weighted by Crippen LogP contribution is 2.32. The zero-order valence-electron chi connectivity index (χ0n) is 21.2. The number of hydrogen-bond donors (Lipinski definition) is 2. The molecule has 0 unspecified atom stereocenters. The predicted octanol–water partition coefficient (Wildman–Crippen LogP) is 4.82. The number of amides is 1. The fourth-order valence-corrected chi connectivity index (χ4v) is 4.32. The molecule has 1 heterocycles. The second-order valence-electron chi connectivity index (χ2n) is 9.27. The number of halogens is 4. The minimum Gasteiger partial charge on any atom is -0.489 e. The number of nitrogens with zero attached hydrogens (tertiary/aromatic N) is 2. The first-order chi connectivity index (χ1) is 17.7. The van der Waals surface area contributed by atoms with E-state index in [4.69, 9.17) is 10.5 Å². The molecule has 3 N–H and O–H groups in total. The highest BCUT2D eigenvalue weighted by atomic mass is 19.4. The van der Waals surface area contributed by atoms with Gasteiger partial charge in [-0.3, -0.25) is 4.79 Å². The van der Waals surface area contributed by atoms with Gasteiger partial charge in [-0.05, 0) is 61.8 Å². The SMILES string of the molecule is CCN1CCN(C(=O)CCCCCNCc2cc(N)ccc2OCc2ccc(F)c(C(F)(F)F)c2)CC1. The van der Waals surface area contributed by atoms with E-state index >= 15 is 0 Å². The van der Waals surface area contributed by atoms with Crippen LogP contribution < -0.4 is 15.8 Å². The van der Waals surface area contributed by atoms with Crippen LogP contribution in [0, 0.1) is 5.82 Å². The molecule has 3 rings (SSSR count). The molecule has 6 nitrogen and oxygen atoms in total. The summed E-state index contributed by atoms with van der Waals surface area (Å²) < 4.78 is 58.2. The predicted molar refractivity (Wildman–Crippen MR) is 135 cm³/mol. The van der Waals surface area contributed by atoms with E-state index < -0.39 is 17.6 Å². The van der Waals surface area contributed by atoms with Gasteiger partial charge in [-0.15, -0.1) is 0 Å². The van der Waals surface area contributed by atoms with Gasteiger partial charge < -0.3 is 25.6 Å². The number of carbonyl (C=O) groups is 1. The van der Waals surface area contributed by atoms with Gasteiger partial charge >= 0.3 is 6.18 Å². The van der Waals surface area contributed by atoms with Crippen molar-refractivity contribution in [3.8, 4) is 5.75 Å². The maximum atomic E-state index is 13.5. The van der Waals surface area contributed by atoms with Crippen LogP contribution in [0.25, 0.3) is 0 Å². The van der Waals surface area contributed by atoms with Crippen LogP contribution >= 0.6 is 0 Å². The van der Waals surface area contributed by atoms with Crippen molar-refractivity contribution < 1.29 is 27.1 Å². The van der Waals surface area contributed by atoms with E-state index in [2.05, 4.69) is 17.1 Å². The lowest BCUT2D eigenvalue weighted by atomic mass is 10.1. The van der Waals surface area contributed by atoms with Crippen LogP contribution in [-0.2, 0) is 24.1 Å². The van der Waals surface area contributed by atoms with Crippen LogP contribution in [0.1, 0.15) is 49.3 Å². The molecular formula is C27H36F4N4O2. The van der Waals surface area contributed by atoms with Crippen molar-refractivity contribution in [2.75, 3.05) is 45.0 Å². The van der Waals surface area contributed by atoms with Gasteiger partial charge in [0.25, 0.3) is 0 Å². The van der Waals surface area contributed by atoms with Crippen molar-refractivity contribution in [3.63, 3.8) is 0 Å². The van der Waals surface area contributed by atoms with Crippen molar-refractivity contribution in [2.45, 2.75) is 51.9 Å². The Morgan fingerprint density at radius 2 is 1.81 bits per heavy atom. The average Bonchev–Trinajstić information content (AvgIpc) is 2.87. The molecule has 0 aliphatic carbocycles. The Bertz CT molecular complexity index is 1020. The van der Waals surface area contributed by atoms with Gasteiger partial charge in [0, 0.05) is 50.4 Å². The topological polar surface area (TPSA) is 70.8 Å². The van der Waals surface area contributed by atoms with Crippen LogP contribution in [-0.4, -0.2) is 55.0 Å². The number of nitrogen functional groups attached to an aromatic ring is 1. The summed E-state index contributed by atoms with van der Waals surface area (Å²) in [6, 6.07) is 7.92. The summed E-state index contributed by atoms with van der Waals surface area (Å²) in [6.45, 7) is 7.74. The third-order valence-corrected chi connectivity index (χ3v) is 6.55. The molecule has 0 saturated carbocycles. The summed E-state index contributed by atoms with van der Waals surface area (Å²) in [4.78, 5) is 16.7. The number of unbranched alkanes of at least 4 members (excludes halogenated alkanes) is 2. The molecule has 204 valence electrons. The molecule has 1 aliphatic rings. The number of rotatable bonds is 12. The molecule has 1 saturated heterocycles. The van der Waals surface area contributed by atoms with Gasteiger partial charge in [0.05, 0.1) is 5.56 Å². The average molecular weight is 525 g/mol. The molecule has 2 aromatic carbocycles. The maximum Gasteiger partial charge on any atom is 0.419 e. The molecule has 2 aromatic rings. The number of hydrogen-bond acceptors (Lipinski definition) is 5. The number of likely N-dealkylation sites (N-methyl/N-ethyl adjacent to an activating group) is 1. The van der Waals surface area contributed by atoms with E-state index in [-0.39, 0.29) is 18.1 Å². The first kappa shape index (κ1) is 28.7. The van der Waals surface area contributed by atoms with Crippen molar-refractivity contribution in [3.05, 3.63) is 58.9 Å².